The average Bonchev–Trinajstić information content (AvgIpc) is 2.35. The molecule has 1 rings (SSSR count). The van der Waals surface area contributed by atoms with Gasteiger partial charge < -0.3 is 10.6 Å². The zero-order chi connectivity index (χ0) is 14.6. The molecule has 106 valence electrons. The van der Waals surface area contributed by atoms with Gasteiger partial charge in [0.2, 0.25) is 0 Å². The van der Waals surface area contributed by atoms with E-state index >= 15 is 0 Å². The predicted molar refractivity (Wildman–Crippen MR) is 86.3 cm³/mol. The molecule has 0 saturated carbocycles. The molecule has 0 aromatic heterocycles. The maximum absolute atomic E-state index is 12.5. The molecule has 0 bridgehead atoms. The number of rotatable bonds is 5. The van der Waals surface area contributed by atoms with Gasteiger partial charge in [0.25, 0.3) is 5.91 Å². The van der Waals surface area contributed by atoms with Crippen LogP contribution in [0.15, 0.2) is 27.1 Å². The highest BCUT2D eigenvalue weighted by atomic mass is 79.9. The van der Waals surface area contributed by atoms with Crippen LogP contribution in [0.5, 0.6) is 0 Å². The lowest BCUT2D eigenvalue weighted by atomic mass is 9.93. The number of carbonyl (C=O) groups is 1. The van der Waals surface area contributed by atoms with Crippen molar-refractivity contribution in [2.45, 2.75) is 20.8 Å². The number of hydrogen-bond donors (Lipinski definition) is 1. The summed E-state index contributed by atoms with van der Waals surface area (Å²) in [5.41, 5.74) is 6.35. The molecular weight excluding hydrogens is 372 g/mol. The Labute approximate surface area is 131 Å². The molecule has 1 aromatic rings. The fraction of sp³-hybridized carbons (Fsp3) is 0.500. The second-order valence-electron chi connectivity index (χ2n) is 5.31. The fourth-order valence-electron chi connectivity index (χ4n) is 1.74. The first-order valence-electron chi connectivity index (χ1n) is 6.25. The maximum atomic E-state index is 12.5. The molecular formula is C14H20Br2N2O. The van der Waals surface area contributed by atoms with Gasteiger partial charge in [-0.25, -0.2) is 0 Å². The van der Waals surface area contributed by atoms with Crippen LogP contribution in [0.25, 0.3) is 0 Å². The number of halogens is 2. The monoisotopic (exact) mass is 390 g/mol. The van der Waals surface area contributed by atoms with Crippen LogP contribution in [0.3, 0.4) is 0 Å². The molecule has 0 aliphatic rings. The van der Waals surface area contributed by atoms with E-state index in [0.29, 0.717) is 25.2 Å². The Balaban J connectivity index is 2.96. The zero-order valence-electron chi connectivity index (χ0n) is 11.5. The van der Waals surface area contributed by atoms with Gasteiger partial charge in [-0.1, -0.05) is 29.8 Å². The molecule has 3 nitrogen and oxygen atoms in total. The lowest BCUT2D eigenvalue weighted by Crippen LogP contribution is -2.42. The van der Waals surface area contributed by atoms with E-state index < -0.39 is 0 Å². The first-order valence-corrected chi connectivity index (χ1v) is 7.83. The fourth-order valence-corrected chi connectivity index (χ4v) is 2.96. The van der Waals surface area contributed by atoms with Gasteiger partial charge in [-0.05, 0) is 53.0 Å². The summed E-state index contributed by atoms with van der Waals surface area (Å²) in [4.78, 5) is 14.4. The molecule has 0 atom stereocenters. The van der Waals surface area contributed by atoms with Crippen molar-refractivity contribution in [1.82, 2.24) is 4.90 Å². The standard InChI is InChI=1S/C14H20Br2N2O/c1-4-18(9-14(2,3)8-17)13(19)11-6-5-10(15)7-12(11)16/h5-7H,4,8-9,17H2,1-3H3. The number of carbonyl (C=O) groups excluding carboxylic acids is 1. The van der Waals surface area contributed by atoms with Gasteiger partial charge in [0.1, 0.15) is 0 Å². The second-order valence-corrected chi connectivity index (χ2v) is 7.08. The molecule has 0 fully saturated rings. The van der Waals surface area contributed by atoms with E-state index in [1.807, 2.05) is 30.0 Å². The number of nitrogens with zero attached hydrogens (tertiary/aromatic N) is 1. The summed E-state index contributed by atoms with van der Waals surface area (Å²) in [5, 5.41) is 0. The third-order valence-electron chi connectivity index (χ3n) is 3.00. The summed E-state index contributed by atoms with van der Waals surface area (Å²) in [6, 6.07) is 5.59. The highest BCUT2D eigenvalue weighted by molar-refractivity contribution is 9.11. The third-order valence-corrected chi connectivity index (χ3v) is 4.15. The summed E-state index contributed by atoms with van der Waals surface area (Å²) < 4.78 is 1.75. The van der Waals surface area contributed by atoms with Gasteiger partial charge in [0.15, 0.2) is 0 Å². The van der Waals surface area contributed by atoms with Gasteiger partial charge in [0, 0.05) is 22.0 Å². The molecule has 1 aromatic carbocycles. The van der Waals surface area contributed by atoms with E-state index in [1.165, 1.54) is 0 Å². The van der Waals surface area contributed by atoms with E-state index in [1.54, 1.807) is 0 Å². The molecule has 5 heteroatoms. The summed E-state index contributed by atoms with van der Waals surface area (Å²) in [7, 11) is 0. The van der Waals surface area contributed by atoms with Crippen LogP contribution in [-0.4, -0.2) is 30.4 Å². The Bertz CT molecular complexity index is 461. The number of benzene rings is 1. The smallest absolute Gasteiger partial charge is 0.255 e. The third kappa shape index (κ3) is 4.58. The van der Waals surface area contributed by atoms with Crippen LogP contribution in [0.4, 0.5) is 0 Å². The normalized spacial score (nSPS) is 11.5. The predicted octanol–water partition coefficient (Wildman–Crippen LogP) is 3.66. The highest BCUT2D eigenvalue weighted by Crippen LogP contribution is 2.24. The topological polar surface area (TPSA) is 46.3 Å². The summed E-state index contributed by atoms with van der Waals surface area (Å²) in [6.45, 7) is 8.00. The first-order chi connectivity index (χ1) is 8.80. The molecule has 0 heterocycles. The molecule has 1 amide bonds. The number of amides is 1. The Morgan fingerprint density at radius 1 is 1.37 bits per heavy atom. The average molecular weight is 392 g/mol. The maximum Gasteiger partial charge on any atom is 0.255 e. The summed E-state index contributed by atoms with van der Waals surface area (Å²) >= 11 is 6.83. The van der Waals surface area contributed by atoms with Crippen molar-refractivity contribution in [3.63, 3.8) is 0 Å². The van der Waals surface area contributed by atoms with Crippen molar-refractivity contribution in [3.8, 4) is 0 Å². The summed E-state index contributed by atoms with van der Waals surface area (Å²) in [5.74, 6) is 0.0309. The zero-order valence-corrected chi connectivity index (χ0v) is 14.7. The molecule has 0 spiro atoms. The Kier molecular flexibility index (Phi) is 6.02. The van der Waals surface area contributed by atoms with Crippen LogP contribution >= 0.6 is 31.9 Å². The molecule has 19 heavy (non-hydrogen) atoms. The number of nitrogens with two attached hydrogens (primary N) is 1. The van der Waals surface area contributed by atoms with E-state index in [4.69, 9.17) is 5.73 Å². The highest BCUT2D eigenvalue weighted by Gasteiger charge is 2.24. The second kappa shape index (κ2) is 6.86. The molecule has 0 radical (unpaired) electrons. The number of hydrogen-bond acceptors (Lipinski definition) is 2. The molecule has 0 saturated heterocycles. The van der Waals surface area contributed by atoms with Crippen molar-refractivity contribution >= 4 is 37.8 Å². The lowest BCUT2D eigenvalue weighted by Gasteiger charge is -2.31. The van der Waals surface area contributed by atoms with Gasteiger partial charge >= 0.3 is 0 Å². The van der Waals surface area contributed by atoms with E-state index in [9.17, 15) is 4.79 Å². The largest absolute Gasteiger partial charge is 0.338 e. The minimum Gasteiger partial charge on any atom is -0.338 e. The quantitative estimate of drug-likeness (QED) is 0.832. The van der Waals surface area contributed by atoms with Crippen LogP contribution in [0.2, 0.25) is 0 Å². The van der Waals surface area contributed by atoms with E-state index in [2.05, 4.69) is 45.7 Å². The van der Waals surface area contributed by atoms with Crippen molar-refractivity contribution in [2.24, 2.45) is 11.1 Å². The van der Waals surface area contributed by atoms with Crippen LogP contribution in [-0.2, 0) is 0 Å². The van der Waals surface area contributed by atoms with E-state index in [0.717, 1.165) is 8.95 Å². The molecule has 0 aliphatic heterocycles. The van der Waals surface area contributed by atoms with Crippen molar-refractivity contribution in [2.75, 3.05) is 19.6 Å². The molecule has 0 unspecified atom stereocenters. The van der Waals surface area contributed by atoms with Crippen LogP contribution in [0, 0.1) is 5.41 Å². The van der Waals surface area contributed by atoms with Crippen LogP contribution < -0.4 is 5.73 Å². The lowest BCUT2D eigenvalue weighted by molar-refractivity contribution is 0.0700. The van der Waals surface area contributed by atoms with Crippen molar-refractivity contribution < 1.29 is 4.79 Å². The van der Waals surface area contributed by atoms with Crippen molar-refractivity contribution in [1.29, 1.82) is 0 Å². The molecule has 2 N–H and O–H groups in total. The minimum atomic E-state index is -0.0759. The van der Waals surface area contributed by atoms with Gasteiger partial charge in [-0.3, -0.25) is 4.79 Å². The first kappa shape index (κ1) is 16.7. The van der Waals surface area contributed by atoms with Gasteiger partial charge in [-0.15, -0.1) is 0 Å². The summed E-state index contributed by atoms with van der Waals surface area (Å²) in [6.07, 6.45) is 0. The van der Waals surface area contributed by atoms with Crippen LogP contribution in [0.1, 0.15) is 31.1 Å². The Morgan fingerprint density at radius 3 is 2.47 bits per heavy atom. The Hall–Kier alpha value is -0.390. The van der Waals surface area contributed by atoms with Gasteiger partial charge in [0.05, 0.1) is 5.56 Å². The SMILES string of the molecule is CCN(CC(C)(C)CN)C(=O)c1ccc(Br)cc1Br. The Morgan fingerprint density at radius 2 is 2.00 bits per heavy atom. The minimum absolute atomic E-state index is 0.0309. The molecule has 0 aliphatic carbocycles. The van der Waals surface area contributed by atoms with E-state index in [-0.39, 0.29) is 11.3 Å². The van der Waals surface area contributed by atoms with Crippen molar-refractivity contribution in [3.05, 3.63) is 32.7 Å². The van der Waals surface area contributed by atoms with Gasteiger partial charge in [-0.2, -0.15) is 0 Å².